The van der Waals surface area contributed by atoms with E-state index in [2.05, 4.69) is 85.4 Å². The highest BCUT2D eigenvalue weighted by Gasteiger charge is 2.35. The molecule has 8 rings (SSSR count). The molecule has 0 unspecified atom stereocenters. The molecule has 0 saturated heterocycles. The summed E-state index contributed by atoms with van der Waals surface area (Å²) in [5.74, 6) is 5.59. The Hall–Kier alpha value is -4.40. The average Bonchev–Trinajstić information content (AvgIpc) is 3.11. The molecule has 49 heavy (non-hydrogen) atoms. The second kappa shape index (κ2) is 14.2. The molecular formula is C41H48N2O6. The predicted molar refractivity (Wildman–Crippen MR) is 192 cm³/mol. The Morgan fingerprint density at radius 1 is 0.694 bits per heavy atom. The molecule has 0 saturated carbocycles. The quantitative estimate of drug-likeness (QED) is 0.183. The zero-order valence-electron chi connectivity index (χ0n) is 29.6. The van der Waals surface area contributed by atoms with Gasteiger partial charge in [-0.25, -0.2) is 0 Å². The van der Waals surface area contributed by atoms with Crippen LogP contribution in [0.1, 0.15) is 65.2 Å². The van der Waals surface area contributed by atoms with E-state index < -0.39 is 0 Å². The third-order valence-electron chi connectivity index (χ3n) is 10.4. The first-order valence-corrected chi connectivity index (χ1v) is 17.5. The Bertz CT molecular complexity index is 1810. The van der Waals surface area contributed by atoms with Gasteiger partial charge in [0.05, 0.1) is 27.9 Å². The molecule has 4 aromatic rings. The highest BCUT2D eigenvalue weighted by atomic mass is 16.6. The van der Waals surface area contributed by atoms with Crippen LogP contribution in [0.2, 0.25) is 0 Å². The van der Waals surface area contributed by atoms with Crippen LogP contribution < -0.4 is 28.4 Å². The fourth-order valence-corrected chi connectivity index (χ4v) is 7.54. The Kier molecular flexibility index (Phi) is 9.61. The van der Waals surface area contributed by atoms with Crippen molar-refractivity contribution in [1.29, 1.82) is 0 Å². The first-order chi connectivity index (χ1) is 23.9. The summed E-state index contributed by atoms with van der Waals surface area (Å²) in [6, 6.07) is 21.4. The number of likely N-dealkylation sites (N-methyl/N-ethyl adjacent to an activating group) is 2. The van der Waals surface area contributed by atoms with Gasteiger partial charge in [0, 0.05) is 30.7 Å². The largest absolute Gasteiger partial charge is 0.493 e. The van der Waals surface area contributed by atoms with Crippen LogP contribution in [-0.4, -0.2) is 64.9 Å². The van der Waals surface area contributed by atoms with Gasteiger partial charge in [-0.2, -0.15) is 0 Å². The summed E-state index contributed by atoms with van der Waals surface area (Å²) < 4.78 is 38.0. The van der Waals surface area contributed by atoms with Crippen molar-refractivity contribution in [2.24, 2.45) is 0 Å². The van der Waals surface area contributed by atoms with E-state index in [1.165, 1.54) is 22.3 Å². The van der Waals surface area contributed by atoms with E-state index in [4.69, 9.17) is 28.4 Å². The van der Waals surface area contributed by atoms with Gasteiger partial charge in [-0.3, -0.25) is 9.80 Å². The smallest absolute Gasteiger partial charge is 0.204 e. The fraction of sp³-hybridized carbons (Fsp3) is 0.415. The number of hydrogen-bond acceptors (Lipinski definition) is 8. The first-order valence-electron chi connectivity index (χ1n) is 17.5. The summed E-state index contributed by atoms with van der Waals surface area (Å²) in [4.78, 5) is 4.85. The van der Waals surface area contributed by atoms with Gasteiger partial charge in [0.2, 0.25) is 5.75 Å². The molecule has 4 aromatic carbocycles. The van der Waals surface area contributed by atoms with E-state index >= 15 is 0 Å². The molecule has 4 aliphatic rings. The second-order valence-electron chi connectivity index (χ2n) is 13.4. The number of benzene rings is 4. The van der Waals surface area contributed by atoms with Crippen molar-refractivity contribution in [3.63, 3.8) is 0 Å². The minimum absolute atomic E-state index is 0.0000900. The third-order valence-corrected chi connectivity index (χ3v) is 10.4. The van der Waals surface area contributed by atoms with E-state index in [1.54, 1.807) is 21.3 Å². The van der Waals surface area contributed by atoms with Gasteiger partial charge in [0.1, 0.15) is 5.75 Å². The van der Waals surface area contributed by atoms with E-state index in [9.17, 15) is 0 Å². The van der Waals surface area contributed by atoms with E-state index in [-0.39, 0.29) is 12.1 Å². The summed E-state index contributed by atoms with van der Waals surface area (Å²) >= 11 is 0. The van der Waals surface area contributed by atoms with Gasteiger partial charge in [0.15, 0.2) is 34.5 Å². The highest BCUT2D eigenvalue weighted by Crippen LogP contribution is 2.52. The van der Waals surface area contributed by atoms with Crippen LogP contribution in [0.5, 0.6) is 46.0 Å². The van der Waals surface area contributed by atoms with Crippen LogP contribution in [0.15, 0.2) is 60.7 Å². The van der Waals surface area contributed by atoms with Gasteiger partial charge >= 0.3 is 0 Å². The number of nitrogens with zero attached hydrogens (tertiary/aromatic N) is 2. The Balaban J connectivity index is 1.46. The minimum atomic E-state index is 0.0000900. The van der Waals surface area contributed by atoms with Crippen LogP contribution in [-0.2, 0) is 25.7 Å². The average molecular weight is 665 g/mol. The molecule has 0 aromatic heterocycles. The molecule has 4 aliphatic heterocycles. The SMILES string of the molecule is CCCCOc1c(OC)cc2c3c1Oc1cc4c(cc1OC)CCN(C)[C@H]4Cc1ccc(cc1)Oc1cc(ccc1OC)C[C@H]3N(C)CC2. The maximum atomic E-state index is 7.17. The van der Waals surface area contributed by atoms with Crippen molar-refractivity contribution >= 4 is 0 Å². The molecular weight excluding hydrogens is 616 g/mol. The molecule has 8 heteroatoms. The van der Waals surface area contributed by atoms with E-state index in [1.807, 2.05) is 6.07 Å². The summed E-state index contributed by atoms with van der Waals surface area (Å²) in [5.41, 5.74) is 7.22. The molecule has 8 nitrogen and oxygen atoms in total. The summed E-state index contributed by atoms with van der Waals surface area (Å²) in [7, 11) is 9.51. The molecule has 0 radical (unpaired) electrons. The van der Waals surface area contributed by atoms with Crippen LogP contribution >= 0.6 is 0 Å². The van der Waals surface area contributed by atoms with Crippen molar-refractivity contribution in [2.75, 3.05) is 55.1 Å². The van der Waals surface area contributed by atoms with Crippen LogP contribution in [0.3, 0.4) is 0 Å². The minimum Gasteiger partial charge on any atom is -0.493 e. The molecule has 0 fully saturated rings. The van der Waals surface area contributed by atoms with Crippen molar-refractivity contribution < 1.29 is 28.4 Å². The van der Waals surface area contributed by atoms with Gasteiger partial charge < -0.3 is 28.4 Å². The number of methoxy groups -OCH3 is 3. The summed E-state index contributed by atoms with van der Waals surface area (Å²) in [6.07, 6.45) is 5.33. The third kappa shape index (κ3) is 6.52. The van der Waals surface area contributed by atoms with Crippen LogP contribution in [0, 0.1) is 0 Å². The van der Waals surface area contributed by atoms with Crippen LogP contribution in [0.25, 0.3) is 0 Å². The standard InChI is InChI=1S/C41H48N2O6/c1-7-8-19-47-40-38(46-6)24-29-16-18-43(3)33-21-27-11-14-34(44-4)36(22-27)48-30-12-9-26(10-13-30)20-32-31-25-37(49-41(40)39(29)33)35(45-5)23-28(31)15-17-42(32)2/h9-14,22-25,32-33H,7-8,15-21H2,1-6H3/t32-,33+/m0/s1. The summed E-state index contributed by atoms with van der Waals surface area (Å²) in [6.45, 7) is 4.60. The van der Waals surface area contributed by atoms with Crippen molar-refractivity contribution in [3.05, 3.63) is 94.0 Å². The fourth-order valence-electron chi connectivity index (χ4n) is 7.54. The van der Waals surface area contributed by atoms with E-state index in [0.29, 0.717) is 41.1 Å². The second-order valence-corrected chi connectivity index (χ2v) is 13.4. The maximum Gasteiger partial charge on any atom is 0.204 e. The molecule has 0 N–H and O–H groups in total. The molecule has 0 aliphatic carbocycles. The molecule has 2 atom stereocenters. The molecule has 6 bridgehead atoms. The lowest BCUT2D eigenvalue weighted by Gasteiger charge is -2.37. The Morgan fingerprint density at radius 3 is 2.08 bits per heavy atom. The molecule has 0 spiro atoms. The monoisotopic (exact) mass is 664 g/mol. The number of unbranched alkanes of at least 4 members (excludes halogenated alkanes) is 1. The highest BCUT2D eigenvalue weighted by molar-refractivity contribution is 5.64. The lowest BCUT2D eigenvalue weighted by atomic mass is 9.87. The maximum absolute atomic E-state index is 7.17. The number of ether oxygens (including phenoxy) is 6. The zero-order valence-corrected chi connectivity index (χ0v) is 29.6. The number of hydrogen-bond donors (Lipinski definition) is 0. The molecule has 258 valence electrons. The van der Waals surface area contributed by atoms with Gasteiger partial charge in [-0.05, 0) is 116 Å². The van der Waals surface area contributed by atoms with Crippen molar-refractivity contribution in [1.82, 2.24) is 9.80 Å². The van der Waals surface area contributed by atoms with Gasteiger partial charge in [-0.1, -0.05) is 31.5 Å². The molecule has 4 heterocycles. The predicted octanol–water partition coefficient (Wildman–Crippen LogP) is 8.33. The zero-order chi connectivity index (χ0) is 34.1. The number of fused-ring (bicyclic) bond motifs is 2. The molecule has 0 amide bonds. The normalized spacial score (nSPS) is 18.7. The first kappa shape index (κ1) is 33.1. The van der Waals surface area contributed by atoms with Gasteiger partial charge in [-0.15, -0.1) is 0 Å². The topological polar surface area (TPSA) is 61.9 Å². The lowest BCUT2D eigenvalue weighted by Crippen LogP contribution is -2.34. The van der Waals surface area contributed by atoms with E-state index in [0.717, 1.165) is 74.2 Å². The van der Waals surface area contributed by atoms with Crippen molar-refractivity contribution in [3.8, 4) is 46.0 Å². The summed E-state index contributed by atoms with van der Waals surface area (Å²) in [5, 5.41) is 0. The van der Waals surface area contributed by atoms with Crippen LogP contribution in [0.4, 0.5) is 0 Å². The van der Waals surface area contributed by atoms with Gasteiger partial charge in [0.25, 0.3) is 0 Å². The lowest BCUT2D eigenvalue weighted by molar-refractivity contribution is 0.217. The Morgan fingerprint density at radius 2 is 1.35 bits per heavy atom. The Labute approximate surface area is 290 Å². The van der Waals surface area contributed by atoms with Crippen molar-refractivity contribution in [2.45, 2.75) is 57.5 Å². The number of rotatable bonds is 7.